The van der Waals surface area contributed by atoms with Gasteiger partial charge in [0.2, 0.25) is 0 Å². The predicted octanol–water partition coefficient (Wildman–Crippen LogP) is 4.36. The summed E-state index contributed by atoms with van der Waals surface area (Å²) in [4.78, 5) is 4.88. The number of hydrogen-bond acceptors (Lipinski definition) is 4. The van der Waals surface area contributed by atoms with E-state index in [-0.39, 0.29) is 0 Å². The van der Waals surface area contributed by atoms with E-state index in [9.17, 15) is 0 Å². The highest BCUT2D eigenvalue weighted by Crippen LogP contribution is 2.34. The van der Waals surface area contributed by atoms with Gasteiger partial charge in [0.25, 0.3) is 0 Å². The second-order valence-corrected chi connectivity index (χ2v) is 7.25. The van der Waals surface area contributed by atoms with E-state index in [1.165, 1.54) is 24.0 Å². The van der Waals surface area contributed by atoms with Crippen molar-refractivity contribution in [1.82, 2.24) is 20.1 Å². The highest BCUT2D eigenvalue weighted by Gasteiger charge is 2.17. The number of aromatic nitrogens is 3. The standard InChI is InChI=1S/C22H22N4O/c1-26-13-18(12-24-26)20-5-6-21-22(25-20)19(14-27-21)17-4-2-3-16(11-17)15-7-9-23-10-8-15/h2-6,11-15,23H,7-10H2,1H3. The Balaban J connectivity index is 1.56. The molecule has 0 saturated carbocycles. The average Bonchev–Trinajstić information content (AvgIpc) is 3.34. The lowest BCUT2D eigenvalue weighted by Crippen LogP contribution is -2.26. The molecule has 1 aliphatic rings. The topological polar surface area (TPSA) is 55.9 Å². The highest BCUT2D eigenvalue weighted by atomic mass is 16.3. The quantitative estimate of drug-likeness (QED) is 0.591. The summed E-state index contributed by atoms with van der Waals surface area (Å²) < 4.78 is 7.58. The molecule has 0 bridgehead atoms. The van der Waals surface area contributed by atoms with E-state index in [0.717, 1.165) is 41.0 Å². The van der Waals surface area contributed by atoms with E-state index in [1.807, 2.05) is 37.8 Å². The third-order valence-electron chi connectivity index (χ3n) is 5.43. The van der Waals surface area contributed by atoms with E-state index in [4.69, 9.17) is 9.40 Å². The summed E-state index contributed by atoms with van der Waals surface area (Å²) in [5.74, 6) is 0.628. The molecule has 5 rings (SSSR count). The SMILES string of the molecule is Cn1cc(-c2ccc3occ(-c4cccc(C5CCNCC5)c4)c3n2)cn1. The maximum absolute atomic E-state index is 5.79. The van der Waals surface area contributed by atoms with Crippen LogP contribution < -0.4 is 5.32 Å². The van der Waals surface area contributed by atoms with E-state index in [0.29, 0.717) is 5.92 Å². The first-order valence-corrected chi connectivity index (χ1v) is 9.46. The van der Waals surface area contributed by atoms with Crippen LogP contribution in [0.4, 0.5) is 0 Å². The van der Waals surface area contributed by atoms with Crippen molar-refractivity contribution in [2.45, 2.75) is 18.8 Å². The Morgan fingerprint density at radius 1 is 1.11 bits per heavy atom. The molecule has 0 radical (unpaired) electrons. The summed E-state index contributed by atoms with van der Waals surface area (Å²) in [6, 6.07) is 12.8. The zero-order valence-corrected chi connectivity index (χ0v) is 15.4. The second kappa shape index (κ2) is 6.67. The lowest BCUT2D eigenvalue weighted by Gasteiger charge is -2.23. The molecule has 1 N–H and O–H groups in total. The number of benzene rings is 1. The number of furan rings is 1. The van der Waals surface area contributed by atoms with Crippen molar-refractivity contribution >= 4 is 11.1 Å². The van der Waals surface area contributed by atoms with Crippen molar-refractivity contribution in [3.8, 4) is 22.4 Å². The molecule has 136 valence electrons. The summed E-state index contributed by atoms with van der Waals surface area (Å²) in [6.45, 7) is 2.19. The van der Waals surface area contributed by atoms with Crippen LogP contribution >= 0.6 is 0 Å². The van der Waals surface area contributed by atoms with Gasteiger partial charge in [-0.15, -0.1) is 0 Å². The molecule has 1 saturated heterocycles. The highest BCUT2D eigenvalue weighted by molar-refractivity contribution is 5.92. The number of nitrogens with zero attached hydrogens (tertiary/aromatic N) is 3. The number of pyridine rings is 1. The normalized spacial score (nSPS) is 15.4. The first-order chi connectivity index (χ1) is 13.3. The van der Waals surface area contributed by atoms with E-state index in [1.54, 1.807) is 4.68 Å². The molecule has 1 aliphatic heterocycles. The van der Waals surface area contributed by atoms with Gasteiger partial charge in [-0.3, -0.25) is 4.68 Å². The molecule has 5 nitrogen and oxygen atoms in total. The molecule has 0 aliphatic carbocycles. The molecule has 3 aromatic heterocycles. The molecule has 4 heterocycles. The third kappa shape index (κ3) is 3.04. The van der Waals surface area contributed by atoms with Crippen molar-refractivity contribution in [3.05, 3.63) is 60.6 Å². The fraction of sp³-hybridized carbons (Fsp3) is 0.273. The zero-order chi connectivity index (χ0) is 18.2. The maximum Gasteiger partial charge on any atom is 0.153 e. The summed E-state index contributed by atoms with van der Waals surface area (Å²) in [6.07, 6.45) is 8.03. The molecule has 4 aromatic rings. The van der Waals surface area contributed by atoms with Gasteiger partial charge in [-0.2, -0.15) is 5.10 Å². The number of hydrogen-bond donors (Lipinski definition) is 1. The van der Waals surface area contributed by atoms with Gasteiger partial charge in [0.15, 0.2) is 5.58 Å². The van der Waals surface area contributed by atoms with Gasteiger partial charge < -0.3 is 9.73 Å². The van der Waals surface area contributed by atoms with Crippen LogP contribution in [0.5, 0.6) is 0 Å². The third-order valence-corrected chi connectivity index (χ3v) is 5.43. The summed E-state index contributed by atoms with van der Waals surface area (Å²) in [5.41, 5.74) is 7.25. The van der Waals surface area contributed by atoms with Crippen molar-refractivity contribution in [1.29, 1.82) is 0 Å². The van der Waals surface area contributed by atoms with Gasteiger partial charge >= 0.3 is 0 Å². The summed E-state index contributed by atoms with van der Waals surface area (Å²) in [7, 11) is 1.91. The van der Waals surface area contributed by atoms with Crippen LogP contribution in [-0.2, 0) is 7.05 Å². The van der Waals surface area contributed by atoms with Gasteiger partial charge in [0.1, 0.15) is 11.8 Å². The van der Waals surface area contributed by atoms with Gasteiger partial charge in [-0.1, -0.05) is 24.3 Å². The molecule has 0 amide bonds. The number of piperidine rings is 1. The van der Waals surface area contributed by atoms with E-state index in [2.05, 4.69) is 34.7 Å². The Bertz CT molecular complexity index is 1090. The number of fused-ring (bicyclic) bond motifs is 1. The molecule has 0 atom stereocenters. The Hall–Kier alpha value is -2.92. The van der Waals surface area contributed by atoms with Crippen LogP contribution in [0.2, 0.25) is 0 Å². The van der Waals surface area contributed by atoms with E-state index >= 15 is 0 Å². The van der Waals surface area contributed by atoms with Crippen molar-refractivity contribution in [3.63, 3.8) is 0 Å². The minimum Gasteiger partial charge on any atom is -0.462 e. The van der Waals surface area contributed by atoms with Crippen molar-refractivity contribution in [2.75, 3.05) is 13.1 Å². The number of aryl methyl sites for hydroxylation is 1. The zero-order valence-electron chi connectivity index (χ0n) is 15.4. The maximum atomic E-state index is 5.79. The van der Waals surface area contributed by atoms with Crippen molar-refractivity contribution in [2.24, 2.45) is 7.05 Å². The van der Waals surface area contributed by atoms with Crippen LogP contribution in [0.3, 0.4) is 0 Å². The molecule has 27 heavy (non-hydrogen) atoms. The van der Waals surface area contributed by atoms with Gasteiger partial charge in [0, 0.05) is 24.4 Å². The first-order valence-electron chi connectivity index (χ1n) is 9.46. The second-order valence-electron chi connectivity index (χ2n) is 7.25. The van der Waals surface area contributed by atoms with Crippen LogP contribution in [0.25, 0.3) is 33.5 Å². The molecule has 1 aromatic carbocycles. The lowest BCUT2D eigenvalue weighted by molar-refractivity contribution is 0.460. The molecule has 1 fully saturated rings. The Labute approximate surface area is 158 Å². The molecular formula is C22H22N4O. The van der Waals surface area contributed by atoms with Crippen LogP contribution in [-0.4, -0.2) is 27.9 Å². The average molecular weight is 358 g/mol. The molecule has 5 heteroatoms. The largest absolute Gasteiger partial charge is 0.462 e. The fourth-order valence-corrected chi connectivity index (χ4v) is 3.95. The van der Waals surface area contributed by atoms with Crippen LogP contribution in [0.1, 0.15) is 24.3 Å². The minimum atomic E-state index is 0.628. The lowest BCUT2D eigenvalue weighted by atomic mass is 9.88. The monoisotopic (exact) mass is 358 g/mol. The summed E-state index contributed by atoms with van der Waals surface area (Å²) in [5, 5.41) is 7.70. The van der Waals surface area contributed by atoms with Crippen LogP contribution in [0.15, 0.2) is 59.5 Å². The fourth-order valence-electron chi connectivity index (χ4n) is 3.95. The van der Waals surface area contributed by atoms with E-state index < -0.39 is 0 Å². The minimum absolute atomic E-state index is 0.628. The molecular weight excluding hydrogens is 336 g/mol. The van der Waals surface area contributed by atoms with Crippen molar-refractivity contribution < 1.29 is 4.42 Å². The Morgan fingerprint density at radius 3 is 2.81 bits per heavy atom. The van der Waals surface area contributed by atoms with Gasteiger partial charge in [-0.05, 0) is 55.1 Å². The molecule has 0 spiro atoms. The van der Waals surface area contributed by atoms with Gasteiger partial charge in [0.05, 0.1) is 11.9 Å². The first kappa shape index (κ1) is 16.3. The van der Waals surface area contributed by atoms with Gasteiger partial charge in [-0.25, -0.2) is 4.98 Å². The number of nitrogens with one attached hydrogen (secondary N) is 1. The Kier molecular flexibility index (Phi) is 4.02. The smallest absolute Gasteiger partial charge is 0.153 e. The molecule has 0 unspecified atom stereocenters. The van der Waals surface area contributed by atoms with Crippen LogP contribution in [0, 0.1) is 0 Å². The number of rotatable bonds is 3. The Morgan fingerprint density at radius 2 is 2.00 bits per heavy atom. The predicted molar refractivity (Wildman–Crippen MR) is 106 cm³/mol. The summed E-state index contributed by atoms with van der Waals surface area (Å²) >= 11 is 0.